The predicted octanol–water partition coefficient (Wildman–Crippen LogP) is 1.94. The van der Waals surface area contributed by atoms with E-state index < -0.39 is 0 Å². The summed E-state index contributed by atoms with van der Waals surface area (Å²) >= 11 is 0. The van der Waals surface area contributed by atoms with Gasteiger partial charge in [-0.05, 0) is 24.3 Å². The van der Waals surface area contributed by atoms with Gasteiger partial charge in [0.1, 0.15) is 0 Å². The molecule has 0 spiro atoms. The van der Waals surface area contributed by atoms with Crippen LogP contribution in [-0.4, -0.2) is 39.8 Å². The lowest BCUT2D eigenvalue weighted by atomic mass is 10.2. The van der Waals surface area contributed by atoms with Gasteiger partial charge >= 0.3 is 0 Å². The summed E-state index contributed by atoms with van der Waals surface area (Å²) in [5.41, 5.74) is 2.59. The van der Waals surface area contributed by atoms with Crippen LogP contribution in [0.25, 0.3) is 22.8 Å². The normalized spacial score (nSPS) is 14.1. The van der Waals surface area contributed by atoms with Crippen molar-refractivity contribution in [1.82, 2.24) is 24.9 Å². The minimum atomic E-state index is -0.254. The van der Waals surface area contributed by atoms with Gasteiger partial charge in [-0.3, -0.25) is 4.79 Å². The van der Waals surface area contributed by atoms with Crippen molar-refractivity contribution in [3.8, 4) is 22.8 Å². The van der Waals surface area contributed by atoms with Gasteiger partial charge in [-0.15, -0.1) is 0 Å². The molecule has 0 saturated carbocycles. The molecule has 0 radical (unpaired) electrons. The molecule has 0 atom stereocenters. The molecule has 7 nitrogen and oxygen atoms in total. The van der Waals surface area contributed by atoms with Gasteiger partial charge in [-0.2, -0.15) is 10.2 Å². The van der Waals surface area contributed by atoms with Crippen molar-refractivity contribution in [2.24, 2.45) is 0 Å². The highest BCUT2D eigenvalue weighted by Gasteiger charge is 2.18. The Hall–Kier alpha value is -3.19. The third-order valence-corrected chi connectivity index (χ3v) is 4.33. The van der Waals surface area contributed by atoms with E-state index in [0.29, 0.717) is 11.4 Å². The smallest absolute Gasteiger partial charge is 0.251 e. The molecular weight excluding hydrogens is 330 g/mol. The molecule has 3 aromatic rings. The summed E-state index contributed by atoms with van der Waals surface area (Å²) in [5, 5.41) is 12.2. The van der Waals surface area contributed by atoms with Gasteiger partial charge in [-0.1, -0.05) is 18.2 Å². The zero-order valence-corrected chi connectivity index (χ0v) is 14.4. The first-order valence-electron chi connectivity index (χ1n) is 8.46. The first kappa shape index (κ1) is 16.3. The van der Waals surface area contributed by atoms with E-state index in [4.69, 9.17) is 4.74 Å². The highest BCUT2D eigenvalue weighted by Crippen LogP contribution is 2.21. The van der Waals surface area contributed by atoms with Gasteiger partial charge in [0.15, 0.2) is 11.4 Å². The zero-order valence-electron chi connectivity index (χ0n) is 14.4. The number of methoxy groups -OCH3 is 1. The van der Waals surface area contributed by atoms with Gasteiger partial charge in [-0.25, -0.2) is 9.36 Å². The largest absolute Gasteiger partial charge is 0.491 e. The minimum Gasteiger partial charge on any atom is -0.491 e. The monoisotopic (exact) mass is 349 g/mol. The summed E-state index contributed by atoms with van der Waals surface area (Å²) in [6, 6.07) is 11.5. The van der Waals surface area contributed by atoms with Crippen molar-refractivity contribution >= 4 is 5.70 Å². The van der Waals surface area contributed by atoms with Crippen molar-refractivity contribution in [2.45, 2.75) is 6.42 Å². The molecular formula is C19H19N5O2. The third kappa shape index (κ3) is 2.93. The number of ether oxygens (including phenoxy) is 1. The molecule has 0 saturated heterocycles. The fraction of sp³-hybridized carbons (Fsp3) is 0.211. The number of aromatic nitrogens is 4. The topological polar surface area (TPSA) is 74.0 Å². The van der Waals surface area contributed by atoms with Crippen LogP contribution in [0.1, 0.15) is 6.42 Å². The van der Waals surface area contributed by atoms with Crippen LogP contribution in [-0.2, 0) is 0 Å². The molecule has 7 heteroatoms. The maximum absolute atomic E-state index is 12.8. The summed E-state index contributed by atoms with van der Waals surface area (Å²) in [6.07, 6.45) is 6.21. The van der Waals surface area contributed by atoms with E-state index in [2.05, 4.69) is 21.6 Å². The number of nitrogens with one attached hydrogen (secondary N) is 1. The summed E-state index contributed by atoms with van der Waals surface area (Å²) in [5.74, 6) is 0.259. The minimum absolute atomic E-state index is 0.254. The molecule has 1 aliphatic heterocycles. The van der Waals surface area contributed by atoms with Crippen LogP contribution in [0.5, 0.6) is 5.75 Å². The number of hydrogen-bond donors (Lipinski definition) is 1. The lowest BCUT2D eigenvalue weighted by Crippen LogP contribution is -2.24. The van der Waals surface area contributed by atoms with E-state index in [1.54, 1.807) is 27.8 Å². The molecule has 0 bridgehead atoms. The molecule has 26 heavy (non-hydrogen) atoms. The quantitative estimate of drug-likeness (QED) is 0.779. The van der Waals surface area contributed by atoms with Crippen LogP contribution < -0.4 is 15.5 Å². The number of benzene rings is 1. The Morgan fingerprint density at radius 2 is 2.04 bits per heavy atom. The van der Waals surface area contributed by atoms with E-state index in [9.17, 15) is 4.79 Å². The Morgan fingerprint density at radius 3 is 2.77 bits per heavy atom. The predicted molar refractivity (Wildman–Crippen MR) is 99.4 cm³/mol. The second-order valence-electron chi connectivity index (χ2n) is 5.93. The molecule has 0 amide bonds. The first-order chi connectivity index (χ1) is 12.8. The number of hydrogen-bond acceptors (Lipinski definition) is 5. The van der Waals surface area contributed by atoms with Crippen LogP contribution in [0.3, 0.4) is 0 Å². The van der Waals surface area contributed by atoms with E-state index in [1.165, 1.54) is 7.11 Å². The van der Waals surface area contributed by atoms with Crippen molar-refractivity contribution in [1.29, 1.82) is 0 Å². The maximum Gasteiger partial charge on any atom is 0.251 e. The van der Waals surface area contributed by atoms with Crippen LogP contribution in [0.2, 0.25) is 0 Å². The Labute approximate surface area is 150 Å². The Bertz CT molecular complexity index is 1000. The molecule has 132 valence electrons. The molecule has 0 aliphatic carbocycles. The second-order valence-corrected chi connectivity index (χ2v) is 5.93. The second kappa shape index (κ2) is 6.97. The van der Waals surface area contributed by atoms with Crippen LogP contribution in [0, 0.1) is 0 Å². The van der Waals surface area contributed by atoms with Gasteiger partial charge in [0.05, 0.1) is 30.9 Å². The van der Waals surface area contributed by atoms with Crippen molar-refractivity contribution in [3.63, 3.8) is 0 Å². The number of para-hydroxylation sites is 1. The maximum atomic E-state index is 12.8. The molecule has 3 heterocycles. The number of nitrogens with zero attached hydrogens (tertiary/aromatic N) is 4. The zero-order chi connectivity index (χ0) is 17.9. The molecule has 4 rings (SSSR count). The van der Waals surface area contributed by atoms with Crippen LogP contribution in [0.15, 0.2) is 59.7 Å². The Morgan fingerprint density at radius 1 is 1.19 bits per heavy atom. The summed E-state index contributed by atoms with van der Waals surface area (Å²) in [4.78, 5) is 12.8. The third-order valence-electron chi connectivity index (χ3n) is 4.33. The van der Waals surface area contributed by atoms with E-state index in [1.807, 2.05) is 30.3 Å². The molecule has 2 aromatic heterocycles. The van der Waals surface area contributed by atoms with Crippen molar-refractivity contribution < 1.29 is 4.74 Å². The van der Waals surface area contributed by atoms with Gasteiger partial charge in [0.25, 0.3) is 5.43 Å². The highest BCUT2D eigenvalue weighted by atomic mass is 16.5. The Balaban J connectivity index is 1.89. The van der Waals surface area contributed by atoms with Crippen LogP contribution in [0.4, 0.5) is 0 Å². The summed E-state index contributed by atoms with van der Waals surface area (Å²) < 4.78 is 8.76. The van der Waals surface area contributed by atoms with Gasteiger partial charge in [0, 0.05) is 25.2 Å². The highest BCUT2D eigenvalue weighted by molar-refractivity contribution is 5.60. The Kier molecular flexibility index (Phi) is 4.37. The summed E-state index contributed by atoms with van der Waals surface area (Å²) in [6.45, 7) is 1.65. The SMILES string of the molecule is COc1cn(C2=CCNCC2)nc(-c2ccnn2-c2ccccc2)c1=O. The van der Waals surface area contributed by atoms with E-state index >= 15 is 0 Å². The molecule has 0 fully saturated rings. The average molecular weight is 349 g/mol. The summed E-state index contributed by atoms with van der Waals surface area (Å²) in [7, 11) is 1.50. The molecule has 0 unspecified atom stereocenters. The lowest BCUT2D eigenvalue weighted by Gasteiger charge is -2.17. The van der Waals surface area contributed by atoms with Gasteiger partial charge < -0.3 is 10.1 Å². The number of rotatable bonds is 4. The van der Waals surface area contributed by atoms with E-state index in [-0.39, 0.29) is 11.2 Å². The molecule has 1 N–H and O–H groups in total. The standard InChI is InChI=1S/C19H19N5O2/c1-26-17-13-23(14-7-10-20-11-8-14)22-18(19(17)25)16-9-12-21-24(16)15-5-3-2-4-6-15/h2-7,9,12-13,20H,8,10-11H2,1H3. The fourth-order valence-electron chi connectivity index (χ4n) is 3.00. The fourth-order valence-corrected chi connectivity index (χ4v) is 3.00. The lowest BCUT2D eigenvalue weighted by molar-refractivity contribution is 0.405. The average Bonchev–Trinajstić information content (AvgIpc) is 3.19. The molecule has 1 aromatic carbocycles. The molecule has 1 aliphatic rings. The first-order valence-corrected chi connectivity index (χ1v) is 8.46. The van der Waals surface area contributed by atoms with Crippen molar-refractivity contribution in [2.75, 3.05) is 20.2 Å². The van der Waals surface area contributed by atoms with Crippen LogP contribution >= 0.6 is 0 Å². The van der Waals surface area contributed by atoms with E-state index in [0.717, 1.165) is 30.9 Å². The van der Waals surface area contributed by atoms with Gasteiger partial charge in [0.2, 0.25) is 0 Å². The van der Waals surface area contributed by atoms with Crippen molar-refractivity contribution in [3.05, 3.63) is 65.1 Å².